The third kappa shape index (κ3) is 3.70. The van der Waals surface area contributed by atoms with Gasteiger partial charge in [-0.3, -0.25) is 0 Å². The molecule has 0 saturated heterocycles. The predicted molar refractivity (Wildman–Crippen MR) is 85.3 cm³/mol. The molecule has 0 fully saturated rings. The van der Waals surface area contributed by atoms with Crippen molar-refractivity contribution in [1.82, 2.24) is 14.4 Å². The first-order chi connectivity index (χ1) is 11.3. The quantitative estimate of drug-likeness (QED) is 0.651. The molecule has 3 aromatic rings. The maximum Gasteiger partial charge on any atom is 0.416 e. The second kappa shape index (κ2) is 6.45. The van der Waals surface area contributed by atoms with E-state index in [4.69, 9.17) is 11.6 Å². The van der Waals surface area contributed by atoms with E-state index in [1.54, 1.807) is 18.2 Å². The van der Waals surface area contributed by atoms with Crippen LogP contribution in [-0.2, 0) is 11.9 Å². The van der Waals surface area contributed by atoms with Gasteiger partial charge in [0, 0.05) is 11.9 Å². The van der Waals surface area contributed by atoms with Crippen molar-refractivity contribution in [3.05, 3.63) is 69.2 Å². The van der Waals surface area contributed by atoms with Crippen molar-refractivity contribution >= 4 is 29.0 Å². The van der Waals surface area contributed by atoms with E-state index in [2.05, 4.69) is 9.97 Å². The molecule has 0 radical (unpaired) electrons. The number of thioether (sulfide) groups is 1. The largest absolute Gasteiger partial charge is 0.416 e. The second-order valence-corrected chi connectivity index (χ2v) is 6.23. The molecule has 0 aliphatic rings. The highest BCUT2D eigenvalue weighted by Crippen LogP contribution is 2.30. The van der Waals surface area contributed by atoms with Gasteiger partial charge in [0.05, 0.1) is 10.6 Å². The minimum absolute atomic E-state index is 0.194. The molecule has 0 N–H and O–H groups in total. The minimum atomic E-state index is -4.39. The molecule has 0 atom stereocenters. The molecular weight excluding hydrogens is 363 g/mol. The van der Waals surface area contributed by atoms with Crippen LogP contribution in [0.3, 0.4) is 0 Å². The Labute approximate surface area is 143 Å². The maximum atomic E-state index is 12.7. The van der Waals surface area contributed by atoms with Crippen LogP contribution in [0.5, 0.6) is 0 Å². The van der Waals surface area contributed by atoms with E-state index in [1.807, 2.05) is 0 Å². The molecule has 0 aliphatic heterocycles. The number of benzene rings is 1. The van der Waals surface area contributed by atoms with Crippen molar-refractivity contribution in [2.24, 2.45) is 0 Å². The van der Waals surface area contributed by atoms with Crippen LogP contribution in [0.1, 0.15) is 11.1 Å². The first-order valence-corrected chi connectivity index (χ1v) is 8.04. The van der Waals surface area contributed by atoms with E-state index in [0.717, 1.165) is 23.9 Å². The van der Waals surface area contributed by atoms with Crippen LogP contribution >= 0.6 is 23.4 Å². The lowest BCUT2D eigenvalue weighted by Gasteiger charge is -2.08. The van der Waals surface area contributed by atoms with Gasteiger partial charge in [0.1, 0.15) is 5.65 Å². The Morgan fingerprint density at radius 1 is 1.17 bits per heavy atom. The van der Waals surface area contributed by atoms with Crippen molar-refractivity contribution in [2.45, 2.75) is 17.1 Å². The number of nitrogens with zero attached hydrogens (tertiary/aromatic N) is 3. The third-order valence-corrected chi connectivity index (χ3v) is 4.26. The van der Waals surface area contributed by atoms with Gasteiger partial charge >= 0.3 is 11.9 Å². The van der Waals surface area contributed by atoms with Crippen molar-refractivity contribution in [1.29, 1.82) is 0 Å². The van der Waals surface area contributed by atoms with Gasteiger partial charge in [-0.2, -0.15) is 18.2 Å². The van der Waals surface area contributed by atoms with Crippen molar-refractivity contribution in [2.75, 3.05) is 0 Å². The Morgan fingerprint density at radius 2 is 1.96 bits per heavy atom. The SMILES string of the molecule is O=c1nc(SCc2cccc(C(F)(F)F)c2)nc2ccc(Cl)cn12. The summed E-state index contributed by atoms with van der Waals surface area (Å²) in [5, 5.41) is 0.567. The van der Waals surface area contributed by atoms with Crippen LogP contribution in [0, 0.1) is 0 Å². The number of hydrogen-bond donors (Lipinski definition) is 0. The highest BCUT2D eigenvalue weighted by atomic mass is 35.5. The van der Waals surface area contributed by atoms with Gasteiger partial charge in [-0.25, -0.2) is 14.2 Å². The van der Waals surface area contributed by atoms with Gasteiger partial charge < -0.3 is 0 Å². The molecule has 0 spiro atoms. The Bertz CT molecular complexity index is 959. The zero-order valence-electron chi connectivity index (χ0n) is 11.9. The van der Waals surface area contributed by atoms with Gasteiger partial charge in [0.2, 0.25) is 0 Å². The summed E-state index contributed by atoms with van der Waals surface area (Å²) in [5.41, 5.74) is -0.426. The smallest absolute Gasteiger partial charge is 0.250 e. The molecule has 2 aromatic heterocycles. The van der Waals surface area contributed by atoms with Crippen LogP contribution in [0.25, 0.3) is 5.65 Å². The van der Waals surface area contributed by atoms with Gasteiger partial charge in [-0.1, -0.05) is 41.6 Å². The van der Waals surface area contributed by atoms with E-state index < -0.39 is 17.4 Å². The van der Waals surface area contributed by atoms with Crippen LogP contribution in [-0.4, -0.2) is 14.4 Å². The lowest BCUT2D eigenvalue weighted by atomic mass is 10.1. The molecule has 2 heterocycles. The predicted octanol–water partition coefficient (Wildman–Crippen LogP) is 4.05. The Kier molecular flexibility index (Phi) is 4.51. The lowest BCUT2D eigenvalue weighted by Crippen LogP contribution is -2.18. The lowest BCUT2D eigenvalue weighted by molar-refractivity contribution is -0.137. The van der Waals surface area contributed by atoms with E-state index >= 15 is 0 Å². The monoisotopic (exact) mass is 371 g/mol. The van der Waals surface area contributed by atoms with Crippen molar-refractivity contribution in [3.8, 4) is 0 Å². The van der Waals surface area contributed by atoms with Crippen molar-refractivity contribution < 1.29 is 13.2 Å². The number of halogens is 4. The molecule has 3 rings (SSSR count). The topological polar surface area (TPSA) is 47.3 Å². The summed E-state index contributed by atoms with van der Waals surface area (Å²) in [7, 11) is 0. The number of fused-ring (bicyclic) bond motifs is 1. The summed E-state index contributed by atoms with van der Waals surface area (Å²) in [6, 6.07) is 8.16. The summed E-state index contributed by atoms with van der Waals surface area (Å²) >= 11 is 6.90. The van der Waals surface area contributed by atoms with Crippen LogP contribution < -0.4 is 5.69 Å². The minimum Gasteiger partial charge on any atom is -0.250 e. The standard InChI is InChI=1S/C15H9ClF3N3OS/c16-11-4-5-12-20-13(21-14(23)22(12)7-11)24-8-9-2-1-3-10(6-9)15(17,18)19/h1-7H,8H2. The Balaban J connectivity index is 1.84. The summed E-state index contributed by atoms with van der Waals surface area (Å²) in [4.78, 5) is 19.9. The molecule has 0 saturated carbocycles. The van der Waals surface area contributed by atoms with Crippen LogP contribution in [0.15, 0.2) is 52.5 Å². The average Bonchev–Trinajstić information content (AvgIpc) is 2.53. The molecule has 9 heteroatoms. The number of hydrogen-bond acceptors (Lipinski definition) is 4. The fraction of sp³-hybridized carbons (Fsp3) is 0.133. The van der Waals surface area contributed by atoms with Crippen LogP contribution in [0.2, 0.25) is 5.02 Å². The second-order valence-electron chi connectivity index (χ2n) is 4.85. The fourth-order valence-corrected chi connectivity index (χ4v) is 2.96. The Hall–Kier alpha value is -2.06. The number of rotatable bonds is 3. The third-order valence-electron chi connectivity index (χ3n) is 3.12. The maximum absolute atomic E-state index is 12.7. The number of pyridine rings is 1. The van der Waals surface area contributed by atoms with E-state index in [1.165, 1.54) is 16.7 Å². The van der Waals surface area contributed by atoms with Crippen molar-refractivity contribution in [3.63, 3.8) is 0 Å². The first kappa shape index (κ1) is 16.8. The van der Waals surface area contributed by atoms with Gasteiger partial charge in [-0.15, -0.1) is 0 Å². The van der Waals surface area contributed by atoms with Gasteiger partial charge in [0.15, 0.2) is 5.16 Å². The van der Waals surface area contributed by atoms with E-state index in [9.17, 15) is 18.0 Å². The van der Waals surface area contributed by atoms with Gasteiger partial charge in [-0.05, 0) is 23.8 Å². The molecule has 24 heavy (non-hydrogen) atoms. The van der Waals surface area contributed by atoms with Crippen LogP contribution in [0.4, 0.5) is 13.2 Å². The Morgan fingerprint density at radius 3 is 2.71 bits per heavy atom. The molecular formula is C15H9ClF3N3OS. The molecule has 0 bridgehead atoms. The zero-order chi connectivity index (χ0) is 17.3. The van der Waals surface area contributed by atoms with E-state index in [-0.39, 0.29) is 10.9 Å². The zero-order valence-corrected chi connectivity index (χ0v) is 13.5. The number of aromatic nitrogens is 3. The molecule has 1 aromatic carbocycles. The highest BCUT2D eigenvalue weighted by molar-refractivity contribution is 7.98. The highest BCUT2D eigenvalue weighted by Gasteiger charge is 2.30. The fourth-order valence-electron chi connectivity index (χ4n) is 2.02. The molecule has 4 nitrogen and oxygen atoms in total. The molecule has 0 aliphatic carbocycles. The number of alkyl halides is 3. The summed E-state index contributed by atoms with van der Waals surface area (Å²) in [6.07, 6.45) is -2.99. The van der Waals surface area contributed by atoms with Gasteiger partial charge in [0.25, 0.3) is 0 Å². The first-order valence-electron chi connectivity index (χ1n) is 6.68. The van der Waals surface area contributed by atoms with E-state index in [0.29, 0.717) is 16.2 Å². The summed E-state index contributed by atoms with van der Waals surface area (Å²) in [5.74, 6) is 0.215. The molecule has 0 amide bonds. The average molecular weight is 372 g/mol. The summed E-state index contributed by atoms with van der Waals surface area (Å²) < 4.78 is 39.3. The molecule has 124 valence electrons. The normalized spacial score (nSPS) is 11.8. The summed E-state index contributed by atoms with van der Waals surface area (Å²) in [6.45, 7) is 0. The molecule has 0 unspecified atom stereocenters.